The van der Waals surface area contributed by atoms with Gasteiger partial charge in [-0.2, -0.15) is 4.31 Å². The van der Waals surface area contributed by atoms with E-state index in [4.69, 9.17) is 4.74 Å². The summed E-state index contributed by atoms with van der Waals surface area (Å²) < 4.78 is 32.2. The predicted octanol–water partition coefficient (Wildman–Crippen LogP) is 1.47. The van der Waals surface area contributed by atoms with Crippen LogP contribution in [0.15, 0.2) is 23.1 Å². The molecule has 9 heteroatoms. The molecule has 2 amide bonds. The molecule has 1 saturated heterocycles. The molecule has 1 heterocycles. The van der Waals surface area contributed by atoms with E-state index in [9.17, 15) is 18.0 Å². The Hall–Kier alpha value is -2.13. The summed E-state index contributed by atoms with van der Waals surface area (Å²) in [4.78, 5) is 26.1. The Bertz CT molecular complexity index is 813. The lowest BCUT2D eigenvalue weighted by Gasteiger charge is -2.31. The summed E-state index contributed by atoms with van der Waals surface area (Å²) in [6, 6.07) is 4.25. The number of ether oxygens (including phenoxy) is 1. The molecule has 1 N–H and O–H groups in total. The summed E-state index contributed by atoms with van der Waals surface area (Å²) in [6.45, 7) is 6.95. The van der Waals surface area contributed by atoms with Gasteiger partial charge in [0.1, 0.15) is 5.75 Å². The van der Waals surface area contributed by atoms with Gasteiger partial charge < -0.3 is 15.0 Å². The summed E-state index contributed by atoms with van der Waals surface area (Å²) in [7, 11) is -2.24. The van der Waals surface area contributed by atoms with Crippen LogP contribution in [0.1, 0.15) is 44.0 Å². The van der Waals surface area contributed by atoms with Gasteiger partial charge >= 0.3 is 0 Å². The first-order chi connectivity index (χ1) is 13.2. The number of sulfonamides is 1. The molecule has 0 radical (unpaired) electrons. The van der Waals surface area contributed by atoms with Crippen LogP contribution in [-0.2, 0) is 14.8 Å². The molecule has 2 rings (SSSR count). The molecule has 0 aromatic heterocycles. The van der Waals surface area contributed by atoms with Crippen molar-refractivity contribution in [2.75, 3.05) is 33.3 Å². The lowest BCUT2D eigenvalue weighted by Crippen LogP contribution is -2.46. The molecule has 8 nitrogen and oxygen atoms in total. The first-order valence-electron chi connectivity index (χ1n) is 9.49. The molecule has 0 spiro atoms. The van der Waals surface area contributed by atoms with Crippen molar-refractivity contribution in [3.05, 3.63) is 23.8 Å². The number of rotatable bonds is 7. The Kier molecular flexibility index (Phi) is 7.42. The van der Waals surface area contributed by atoms with Crippen molar-refractivity contribution >= 4 is 21.8 Å². The Balaban J connectivity index is 2.22. The largest absolute Gasteiger partial charge is 0.496 e. The summed E-state index contributed by atoms with van der Waals surface area (Å²) in [5.41, 5.74) is 0.185. The number of methoxy groups -OCH3 is 1. The van der Waals surface area contributed by atoms with Crippen molar-refractivity contribution < 1.29 is 22.7 Å². The number of likely N-dealkylation sites (tertiary alicyclic amines) is 1. The number of amides is 2. The van der Waals surface area contributed by atoms with Gasteiger partial charge in [-0.25, -0.2) is 8.42 Å². The second-order valence-corrected chi connectivity index (χ2v) is 8.64. The monoisotopic (exact) mass is 411 g/mol. The molecular weight excluding hydrogens is 382 g/mol. The maximum atomic E-state index is 12.8. The number of carbonyl (C=O) groups excluding carboxylic acids is 2. The molecule has 1 aromatic rings. The molecule has 0 saturated carbocycles. The van der Waals surface area contributed by atoms with Crippen molar-refractivity contribution in [2.45, 2.75) is 44.6 Å². The lowest BCUT2D eigenvalue weighted by atomic mass is 10.0. The third kappa shape index (κ3) is 4.82. The van der Waals surface area contributed by atoms with Gasteiger partial charge in [-0.3, -0.25) is 9.59 Å². The molecule has 1 aliphatic heterocycles. The number of hydrogen-bond donors (Lipinski definition) is 1. The summed E-state index contributed by atoms with van der Waals surface area (Å²) in [5.74, 6) is -0.0346. The zero-order chi connectivity index (χ0) is 20.9. The highest BCUT2D eigenvalue weighted by atomic mass is 32.2. The average molecular weight is 412 g/mol. The van der Waals surface area contributed by atoms with Gasteiger partial charge in [0.05, 0.1) is 17.6 Å². The van der Waals surface area contributed by atoms with Crippen molar-refractivity contribution in [1.29, 1.82) is 0 Å². The fourth-order valence-corrected chi connectivity index (χ4v) is 4.82. The Morgan fingerprint density at radius 3 is 2.32 bits per heavy atom. The van der Waals surface area contributed by atoms with Crippen LogP contribution in [0.2, 0.25) is 0 Å². The highest BCUT2D eigenvalue weighted by Gasteiger charge is 2.26. The second kappa shape index (κ2) is 9.38. The van der Waals surface area contributed by atoms with Crippen molar-refractivity contribution in [1.82, 2.24) is 14.5 Å². The molecule has 156 valence electrons. The third-order valence-corrected chi connectivity index (χ3v) is 7.08. The maximum absolute atomic E-state index is 12.8. The van der Waals surface area contributed by atoms with Crippen LogP contribution >= 0.6 is 0 Å². The van der Waals surface area contributed by atoms with Gasteiger partial charge in [0.25, 0.3) is 5.91 Å². The van der Waals surface area contributed by atoms with E-state index in [0.717, 1.165) is 0 Å². The van der Waals surface area contributed by atoms with Gasteiger partial charge in [0, 0.05) is 39.1 Å². The van der Waals surface area contributed by atoms with Crippen LogP contribution in [-0.4, -0.2) is 68.8 Å². The van der Waals surface area contributed by atoms with E-state index in [1.165, 1.54) is 36.5 Å². The molecule has 1 aromatic carbocycles. The van der Waals surface area contributed by atoms with E-state index in [0.29, 0.717) is 44.8 Å². The van der Waals surface area contributed by atoms with Crippen LogP contribution in [0, 0.1) is 0 Å². The standard InChI is InChI=1S/C19H29N3O5S/c1-5-22(6-2)28(25,26)16-7-8-18(27-4)17(13-16)19(24)20-15-9-11-21(12-10-15)14(3)23/h7-8,13,15H,5-6,9-12H2,1-4H3,(H,20,24). The number of nitrogens with one attached hydrogen (secondary N) is 1. The lowest BCUT2D eigenvalue weighted by molar-refractivity contribution is -0.129. The van der Waals surface area contributed by atoms with Crippen LogP contribution in [0.5, 0.6) is 5.75 Å². The van der Waals surface area contributed by atoms with Crippen molar-refractivity contribution in [3.63, 3.8) is 0 Å². The molecule has 0 bridgehead atoms. The maximum Gasteiger partial charge on any atom is 0.255 e. The van der Waals surface area contributed by atoms with E-state index < -0.39 is 10.0 Å². The molecule has 1 fully saturated rings. The molecule has 28 heavy (non-hydrogen) atoms. The minimum absolute atomic E-state index is 0.0285. The minimum Gasteiger partial charge on any atom is -0.496 e. The third-order valence-electron chi connectivity index (χ3n) is 5.03. The van der Waals surface area contributed by atoms with Crippen LogP contribution in [0.25, 0.3) is 0 Å². The van der Waals surface area contributed by atoms with E-state index in [1.807, 2.05) is 0 Å². The molecule has 0 atom stereocenters. The average Bonchev–Trinajstić information content (AvgIpc) is 2.68. The fourth-order valence-electron chi connectivity index (χ4n) is 3.34. The highest BCUT2D eigenvalue weighted by Crippen LogP contribution is 2.25. The molecule has 0 unspecified atom stereocenters. The zero-order valence-electron chi connectivity index (χ0n) is 16.9. The summed E-state index contributed by atoms with van der Waals surface area (Å²) >= 11 is 0. The number of benzene rings is 1. The smallest absolute Gasteiger partial charge is 0.255 e. The van der Waals surface area contributed by atoms with Crippen LogP contribution < -0.4 is 10.1 Å². The molecule has 0 aliphatic carbocycles. The van der Waals surface area contributed by atoms with Gasteiger partial charge in [0.15, 0.2) is 0 Å². The number of nitrogens with zero attached hydrogens (tertiary/aromatic N) is 2. The fraction of sp³-hybridized carbons (Fsp3) is 0.579. The van der Waals surface area contributed by atoms with Crippen molar-refractivity contribution in [3.8, 4) is 5.75 Å². The van der Waals surface area contributed by atoms with Crippen LogP contribution in [0.3, 0.4) is 0 Å². The summed E-state index contributed by atoms with van der Waals surface area (Å²) in [6.07, 6.45) is 1.32. The number of carbonyl (C=O) groups is 2. The topological polar surface area (TPSA) is 96.0 Å². The second-order valence-electron chi connectivity index (χ2n) is 6.71. The van der Waals surface area contributed by atoms with E-state index >= 15 is 0 Å². The first kappa shape index (κ1) is 22.2. The number of hydrogen-bond acceptors (Lipinski definition) is 5. The van der Waals surface area contributed by atoms with Gasteiger partial charge in [-0.05, 0) is 31.0 Å². The first-order valence-corrected chi connectivity index (χ1v) is 10.9. The zero-order valence-corrected chi connectivity index (χ0v) is 17.7. The van der Waals surface area contributed by atoms with Crippen molar-refractivity contribution in [2.24, 2.45) is 0 Å². The molecular formula is C19H29N3O5S. The van der Waals surface area contributed by atoms with Crippen LogP contribution in [0.4, 0.5) is 0 Å². The Morgan fingerprint density at radius 2 is 1.82 bits per heavy atom. The normalized spacial score (nSPS) is 15.5. The number of piperidine rings is 1. The quantitative estimate of drug-likeness (QED) is 0.733. The van der Waals surface area contributed by atoms with Gasteiger partial charge in [-0.1, -0.05) is 13.8 Å². The SMILES string of the molecule is CCN(CC)S(=O)(=O)c1ccc(OC)c(C(=O)NC2CCN(C(C)=O)CC2)c1. The predicted molar refractivity (Wildman–Crippen MR) is 106 cm³/mol. The van der Waals surface area contributed by atoms with E-state index in [2.05, 4.69) is 5.32 Å². The van der Waals surface area contributed by atoms with E-state index in [1.54, 1.807) is 18.7 Å². The Labute approximate surface area is 166 Å². The van der Waals surface area contributed by atoms with Gasteiger partial charge in [-0.15, -0.1) is 0 Å². The van der Waals surface area contributed by atoms with E-state index in [-0.39, 0.29) is 28.3 Å². The summed E-state index contributed by atoms with van der Waals surface area (Å²) in [5, 5.41) is 2.94. The Morgan fingerprint density at radius 1 is 1.21 bits per heavy atom. The molecule has 1 aliphatic rings. The highest BCUT2D eigenvalue weighted by molar-refractivity contribution is 7.89. The minimum atomic E-state index is -3.68. The van der Waals surface area contributed by atoms with Gasteiger partial charge in [0.2, 0.25) is 15.9 Å².